The molecule has 0 amide bonds. The van der Waals surface area contributed by atoms with Gasteiger partial charge < -0.3 is 0 Å². The molecule has 0 radical (unpaired) electrons. The van der Waals surface area contributed by atoms with Crippen LogP contribution >= 0.6 is 0 Å². The monoisotopic (exact) mass is 377 g/mol. The van der Waals surface area contributed by atoms with Crippen molar-refractivity contribution >= 4 is 10.0 Å². The predicted molar refractivity (Wildman–Crippen MR) is 100 cm³/mol. The lowest BCUT2D eigenvalue weighted by Crippen LogP contribution is -2.41. The highest BCUT2D eigenvalue weighted by Crippen LogP contribution is 2.18. The summed E-state index contributed by atoms with van der Waals surface area (Å²) in [5, 5.41) is 4.21. The van der Waals surface area contributed by atoms with E-state index in [1.165, 1.54) is 0 Å². The maximum Gasteiger partial charge on any atom is 0.240 e. The Balaban J connectivity index is 1.56. The van der Waals surface area contributed by atoms with Crippen molar-refractivity contribution in [3.05, 3.63) is 42.0 Å². The minimum absolute atomic E-state index is 0.307. The first-order valence-corrected chi connectivity index (χ1v) is 10.6. The molecule has 142 valence electrons. The van der Waals surface area contributed by atoms with Gasteiger partial charge in [0, 0.05) is 19.6 Å². The highest BCUT2D eigenvalue weighted by Gasteiger charge is 2.23. The summed E-state index contributed by atoms with van der Waals surface area (Å²) in [5.41, 5.74) is 1.05. The molecule has 2 aromatic rings. The first kappa shape index (κ1) is 19.0. The largest absolute Gasteiger partial charge is 0.296 e. The molecule has 1 aromatic carbocycles. The molecule has 1 unspecified atom stereocenters. The normalized spacial score (nSPS) is 18.9. The van der Waals surface area contributed by atoms with Gasteiger partial charge in [0.15, 0.2) is 0 Å². The van der Waals surface area contributed by atoms with Gasteiger partial charge in [-0.1, -0.05) is 17.7 Å². The van der Waals surface area contributed by atoms with Crippen molar-refractivity contribution in [2.24, 2.45) is 5.92 Å². The standard InChI is InChI=1S/C18H27N5O2S/c1-3-23-18(19-14-20-23)13-22-10-4-5-16(12-22)11-21-26(24,25)17-8-6-15(2)7-9-17/h6-9,14,16,21H,3-5,10-13H2,1-2H3. The van der Waals surface area contributed by atoms with Crippen LogP contribution in [0.3, 0.4) is 0 Å². The first-order valence-electron chi connectivity index (χ1n) is 9.13. The molecular formula is C18H27N5O2S. The molecule has 3 rings (SSSR count). The van der Waals surface area contributed by atoms with Crippen LogP contribution < -0.4 is 4.72 Å². The Morgan fingerprint density at radius 3 is 2.77 bits per heavy atom. The van der Waals surface area contributed by atoms with E-state index in [0.717, 1.165) is 50.4 Å². The minimum Gasteiger partial charge on any atom is -0.296 e. The van der Waals surface area contributed by atoms with Crippen LogP contribution in [-0.2, 0) is 23.1 Å². The zero-order valence-electron chi connectivity index (χ0n) is 15.4. The number of sulfonamides is 1. The predicted octanol–water partition coefficient (Wildman–Crippen LogP) is 1.80. The number of aryl methyl sites for hydroxylation is 2. The SMILES string of the molecule is CCn1ncnc1CN1CCCC(CNS(=O)(=O)c2ccc(C)cc2)C1. The van der Waals surface area contributed by atoms with Crippen LogP contribution in [0.25, 0.3) is 0 Å². The van der Waals surface area contributed by atoms with Gasteiger partial charge in [0.1, 0.15) is 12.2 Å². The molecule has 8 heteroatoms. The van der Waals surface area contributed by atoms with Gasteiger partial charge in [-0.2, -0.15) is 5.10 Å². The van der Waals surface area contributed by atoms with Gasteiger partial charge in [0.05, 0.1) is 11.4 Å². The van der Waals surface area contributed by atoms with E-state index >= 15 is 0 Å². The Kier molecular flexibility index (Phi) is 6.05. The topological polar surface area (TPSA) is 80.1 Å². The number of piperidine rings is 1. The number of nitrogens with one attached hydrogen (secondary N) is 1. The Morgan fingerprint density at radius 1 is 1.27 bits per heavy atom. The molecule has 1 atom stereocenters. The maximum atomic E-state index is 12.5. The lowest BCUT2D eigenvalue weighted by atomic mass is 9.98. The van der Waals surface area contributed by atoms with Gasteiger partial charge in [0.25, 0.3) is 0 Å². The van der Waals surface area contributed by atoms with E-state index < -0.39 is 10.0 Å². The van der Waals surface area contributed by atoms with Gasteiger partial charge in [-0.15, -0.1) is 0 Å². The fraction of sp³-hybridized carbons (Fsp3) is 0.556. The van der Waals surface area contributed by atoms with Crippen molar-refractivity contribution in [2.45, 2.75) is 44.7 Å². The molecule has 1 aliphatic heterocycles. The second-order valence-electron chi connectivity index (χ2n) is 6.90. The number of aromatic nitrogens is 3. The van der Waals surface area contributed by atoms with Crippen LogP contribution in [0, 0.1) is 12.8 Å². The number of rotatable bonds is 7. The molecule has 26 heavy (non-hydrogen) atoms. The molecule has 1 aromatic heterocycles. The number of hydrogen-bond donors (Lipinski definition) is 1. The molecular weight excluding hydrogens is 350 g/mol. The van der Waals surface area contributed by atoms with Crippen molar-refractivity contribution in [2.75, 3.05) is 19.6 Å². The average Bonchev–Trinajstić information content (AvgIpc) is 3.08. The smallest absolute Gasteiger partial charge is 0.240 e. The molecule has 1 saturated heterocycles. The van der Waals surface area contributed by atoms with Crippen LogP contribution in [0.2, 0.25) is 0 Å². The summed E-state index contributed by atoms with van der Waals surface area (Å²) in [7, 11) is -3.45. The number of benzene rings is 1. The third kappa shape index (κ3) is 4.69. The Labute approximate surface area is 155 Å². The van der Waals surface area contributed by atoms with Gasteiger partial charge >= 0.3 is 0 Å². The third-order valence-corrected chi connectivity index (χ3v) is 6.30. The third-order valence-electron chi connectivity index (χ3n) is 4.86. The molecule has 7 nitrogen and oxygen atoms in total. The Morgan fingerprint density at radius 2 is 2.04 bits per heavy atom. The Hall–Kier alpha value is -1.77. The van der Waals surface area contributed by atoms with Crippen molar-refractivity contribution in [3.8, 4) is 0 Å². The summed E-state index contributed by atoms with van der Waals surface area (Å²) in [6.07, 6.45) is 3.69. The lowest BCUT2D eigenvalue weighted by molar-refractivity contribution is 0.163. The van der Waals surface area contributed by atoms with Crippen molar-refractivity contribution in [1.29, 1.82) is 0 Å². The molecule has 0 spiro atoms. The van der Waals surface area contributed by atoms with Crippen molar-refractivity contribution in [3.63, 3.8) is 0 Å². The average molecular weight is 378 g/mol. The van der Waals surface area contributed by atoms with Crippen LogP contribution in [0.15, 0.2) is 35.5 Å². The van der Waals surface area contributed by atoms with Gasteiger partial charge in [-0.3, -0.25) is 4.90 Å². The van der Waals surface area contributed by atoms with Crippen LogP contribution in [0.5, 0.6) is 0 Å². The first-order chi connectivity index (χ1) is 12.5. The molecule has 0 bridgehead atoms. The van der Waals surface area contributed by atoms with E-state index in [2.05, 4.69) is 26.6 Å². The fourth-order valence-electron chi connectivity index (χ4n) is 3.36. The van der Waals surface area contributed by atoms with Gasteiger partial charge in [0.2, 0.25) is 10.0 Å². The molecule has 0 aliphatic carbocycles. The second-order valence-corrected chi connectivity index (χ2v) is 8.67. The highest BCUT2D eigenvalue weighted by atomic mass is 32.2. The zero-order chi connectivity index (χ0) is 18.6. The van der Waals surface area contributed by atoms with Crippen LogP contribution in [0.1, 0.15) is 31.2 Å². The maximum absolute atomic E-state index is 12.5. The van der Waals surface area contributed by atoms with E-state index in [4.69, 9.17) is 0 Å². The van der Waals surface area contributed by atoms with E-state index in [1.54, 1.807) is 18.5 Å². The minimum atomic E-state index is -3.45. The number of nitrogens with zero attached hydrogens (tertiary/aromatic N) is 4. The van der Waals surface area contributed by atoms with Crippen LogP contribution in [0.4, 0.5) is 0 Å². The molecule has 1 N–H and O–H groups in total. The van der Waals surface area contributed by atoms with E-state index in [-0.39, 0.29) is 0 Å². The zero-order valence-corrected chi connectivity index (χ0v) is 16.2. The number of likely N-dealkylation sites (tertiary alicyclic amines) is 1. The summed E-state index contributed by atoms with van der Waals surface area (Å²) in [6.45, 7) is 7.91. The summed E-state index contributed by atoms with van der Waals surface area (Å²) in [4.78, 5) is 7.00. The summed E-state index contributed by atoms with van der Waals surface area (Å²) in [6, 6.07) is 6.95. The summed E-state index contributed by atoms with van der Waals surface area (Å²) >= 11 is 0. The number of hydrogen-bond acceptors (Lipinski definition) is 5. The molecule has 1 aliphatic rings. The van der Waals surface area contributed by atoms with E-state index in [0.29, 0.717) is 17.4 Å². The van der Waals surface area contributed by atoms with Crippen molar-refractivity contribution < 1.29 is 8.42 Å². The van der Waals surface area contributed by atoms with Gasteiger partial charge in [-0.05, 0) is 51.3 Å². The van der Waals surface area contributed by atoms with E-state index in [1.807, 2.05) is 23.7 Å². The Bertz CT molecular complexity index is 816. The molecule has 0 saturated carbocycles. The van der Waals surface area contributed by atoms with Crippen LogP contribution in [-0.4, -0.2) is 47.7 Å². The molecule has 1 fully saturated rings. The fourth-order valence-corrected chi connectivity index (χ4v) is 4.48. The lowest BCUT2D eigenvalue weighted by Gasteiger charge is -2.32. The quantitative estimate of drug-likeness (QED) is 0.796. The summed E-state index contributed by atoms with van der Waals surface area (Å²) < 4.78 is 29.6. The molecule has 2 heterocycles. The second kappa shape index (κ2) is 8.28. The summed E-state index contributed by atoms with van der Waals surface area (Å²) in [5.74, 6) is 1.27. The van der Waals surface area contributed by atoms with E-state index in [9.17, 15) is 8.42 Å². The van der Waals surface area contributed by atoms with Crippen molar-refractivity contribution in [1.82, 2.24) is 24.4 Å². The van der Waals surface area contributed by atoms with Gasteiger partial charge in [-0.25, -0.2) is 22.8 Å². The highest BCUT2D eigenvalue weighted by molar-refractivity contribution is 7.89.